The monoisotopic (exact) mass is 408 g/mol. The number of hydrogen-bond donors (Lipinski definition) is 1. The lowest BCUT2D eigenvalue weighted by atomic mass is 10.2. The van der Waals surface area contributed by atoms with Crippen LogP contribution in [-0.2, 0) is 16.1 Å². The van der Waals surface area contributed by atoms with Gasteiger partial charge < -0.3 is 14.4 Å². The molecule has 0 unspecified atom stereocenters. The number of rotatable bonds is 4. The molecule has 1 N–H and O–H groups in total. The standard InChI is InChI=1S/C18H18BrFN2O3/c19-14-10-16(17(11-15(14)20)22-6-8-24-9-7-22)21-18(23)25-12-13-4-2-1-3-5-13/h1-5,10-11H,6-9,12H2,(H,21,23). The number of morpholine rings is 1. The molecule has 0 aliphatic carbocycles. The molecule has 1 aliphatic rings. The quantitative estimate of drug-likeness (QED) is 0.824. The van der Waals surface area contributed by atoms with Gasteiger partial charge in [-0.1, -0.05) is 30.3 Å². The summed E-state index contributed by atoms with van der Waals surface area (Å²) in [5.41, 5.74) is 2.00. The minimum Gasteiger partial charge on any atom is -0.444 e. The van der Waals surface area contributed by atoms with Crippen molar-refractivity contribution in [1.82, 2.24) is 0 Å². The van der Waals surface area contributed by atoms with Crippen LogP contribution in [0, 0.1) is 5.82 Å². The smallest absolute Gasteiger partial charge is 0.412 e. The molecule has 25 heavy (non-hydrogen) atoms. The van der Waals surface area contributed by atoms with Crippen molar-refractivity contribution in [2.75, 3.05) is 36.5 Å². The van der Waals surface area contributed by atoms with Gasteiger partial charge in [0.05, 0.1) is 29.1 Å². The van der Waals surface area contributed by atoms with Gasteiger partial charge in [-0.3, -0.25) is 5.32 Å². The minimum atomic E-state index is -0.586. The Bertz CT molecular complexity index is 737. The highest BCUT2D eigenvalue weighted by Crippen LogP contribution is 2.32. The Kier molecular flexibility index (Phi) is 5.88. The Labute approximate surface area is 153 Å². The van der Waals surface area contributed by atoms with Crippen LogP contribution in [0.15, 0.2) is 46.9 Å². The van der Waals surface area contributed by atoms with E-state index < -0.39 is 6.09 Å². The van der Waals surface area contributed by atoms with Gasteiger partial charge in [0, 0.05) is 19.2 Å². The Hall–Kier alpha value is -2.12. The lowest BCUT2D eigenvalue weighted by Gasteiger charge is -2.30. The molecule has 1 heterocycles. The first-order valence-corrected chi connectivity index (χ1v) is 8.72. The van der Waals surface area contributed by atoms with Gasteiger partial charge in [-0.2, -0.15) is 0 Å². The molecule has 0 bridgehead atoms. The maximum atomic E-state index is 14.0. The molecule has 1 aliphatic heterocycles. The van der Waals surface area contributed by atoms with E-state index in [0.29, 0.717) is 37.7 Å². The number of ether oxygens (including phenoxy) is 2. The summed E-state index contributed by atoms with van der Waals surface area (Å²) in [6, 6.07) is 12.4. The van der Waals surface area contributed by atoms with Gasteiger partial charge in [0.2, 0.25) is 0 Å². The zero-order valence-electron chi connectivity index (χ0n) is 13.5. The molecule has 0 spiro atoms. The van der Waals surface area contributed by atoms with Crippen LogP contribution in [0.2, 0.25) is 0 Å². The van der Waals surface area contributed by atoms with Crippen molar-refractivity contribution in [2.24, 2.45) is 0 Å². The van der Waals surface area contributed by atoms with Crippen molar-refractivity contribution in [3.05, 3.63) is 58.3 Å². The molecule has 3 rings (SSSR count). The van der Waals surface area contributed by atoms with Gasteiger partial charge in [-0.25, -0.2) is 9.18 Å². The summed E-state index contributed by atoms with van der Waals surface area (Å²) in [6.45, 7) is 2.57. The molecule has 1 saturated heterocycles. The van der Waals surface area contributed by atoms with Crippen LogP contribution in [0.5, 0.6) is 0 Å². The summed E-state index contributed by atoms with van der Waals surface area (Å²) in [6.07, 6.45) is -0.586. The topological polar surface area (TPSA) is 50.8 Å². The largest absolute Gasteiger partial charge is 0.444 e. The zero-order chi connectivity index (χ0) is 17.6. The molecule has 1 amide bonds. The highest BCUT2D eigenvalue weighted by atomic mass is 79.9. The fourth-order valence-corrected chi connectivity index (χ4v) is 2.91. The van der Waals surface area contributed by atoms with E-state index in [-0.39, 0.29) is 16.9 Å². The molecule has 1 fully saturated rings. The van der Waals surface area contributed by atoms with Crippen molar-refractivity contribution >= 4 is 33.4 Å². The SMILES string of the molecule is O=C(Nc1cc(Br)c(F)cc1N1CCOCC1)OCc1ccccc1. The van der Waals surface area contributed by atoms with E-state index in [4.69, 9.17) is 9.47 Å². The molecular weight excluding hydrogens is 391 g/mol. The van der Waals surface area contributed by atoms with Gasteiger partial charge in [0.1, 0.15) is 12.4 Å². The van der Waals surface area contributed by atoms with E-state index in [9.17, 15) is 9.18 Å². The van der Waals surface area contributed by atoms with Gasteiger partial charge in [0.25, 0.3) is 0 Å². The van der Waals surface area contributed by atoms with Gasteiger partial charge in [-0.05, 0) is 27.6 Å². The molecule has 7 heteroatoms. The molecule has 132 valence electrons. The first-order valence-electron chi connectivity index (χ1n) is 7.93. The van der Waals surface area contributed by atoms with Crippen LogP contribution >= 0.6 is 15.9 Å². The number of nitrogens with zero attached hydrogens (tertiary/aromatic N) is 1. The van der Waals surface area contributed by atoms with Gasteiger partial charge >= 0.3 is 6.09 Å². The fourth-order valence-electron chi connectivity index (χ4n) is 2.57. The van der Waals surface area contributed by atoms with Gasteiger partial charge in [-0.15, -0.1) is 0 Å². The first kappa shape index (κ1) is 17.7. The number of benzene rings is 2. The molecule has 5 nitrogen and oxygen atoms in total. The van der Waals surface area contributed by atoms with E-state index in [1.54, 1.807) is 6.07 Å². The Morgan fingerprint density at radius 2 is 1.96 bits per heavy atom. The number of nitrogens with one attached hydrogen (secondary N) is 1. The van der Waals surface area contributed by atoms with E-state index >= 15 is 0 Å². The lowest BCUT2D eigenvalue weighted by Crippen LogP contribution is -2.37. The highest BCUT2D eigenvalue weighted by Gasteiger charge is 2.19. The molecule has 2 aromatic rings. The van der Waals surface area contributed by atoms with Crippen LogP contribution < -0.4 is 10.2 Å². The number of carbonyl (C=O) groups excluding carboxylic acids is 1. The van der Waals surface area contributed by atoms with E-state index in [0.717, 1.165) is 5.56 Å². The maximum absolute atomic E-state index is 14.0. The molecular formula is C18H18BrFN2O3. The van der Waals surface area contributed by atoms with E-state index in [1.165, 1.54) is 6.07 Å². The third-order valence-electron chi connectivity index (χ3n) is 3.84. The van der Waals surface area contributed by atoms with Crippen molar-refractivity contribution in [1.29, 1.82) is 0 Å². The number of halogens is 2. The highest BCUT2D eigenvalue weighted by molar-refractivity contribution is 9.10. The van der Waals surface area contributed by atoms with Crippen LogP contribution in [0.4, 0.5) is 20.6 Å². The molecule has 0 atom stereocenters. The summed E-state index contributed by atoms with van der Waals surface area (Å²) in [5, 5.41) is 2.71. The molecule has 0 saturated carbocycles. The number of carbonyl (C=O) groups is 1. The summed E-state index contributed by atoms with van der Waals surface area (Å²) < 4.78 is 24.8. The second-order valence-electron chi connectivity index (χ2n) is 5.57. The van der Waals surface area contributed by atoms with Crippen molar-refractivity contribution in [2.45, 2.75) is 6.61 Å². The average Bonchev–Trinajstić information content (AvgIpc) is 2.64. The van der Waals surface area contributed by atoms with Crippen LogP contribution in [0.3, 0.4) is 0 Å². The number of amides is 1. The predicted octanol–water partition coefficient (Wildman–Crippen LogP) is 4.17. The Morgan fingerprint density at radius 3 is 2.68 bits per heavy atom. The third-order valence-corrected chi connectivity index (χ3v) is 4.45. The first-order chi connectivity index (χ1) is 12.1. The predicted molar refractivity (Wildman–Crippen MR) is 97.4 cm³/mol. The second-order valence-corrected chi connectivity index (χ2v) is 6.42. The Balaban J connectivity index is 1.71. The lowest BCUT2D eigenvalue weighted by molar-refractivity contribution is 0.122. The van der Waals surface area contributed by atoms with Gasteiger partial charge in [0.15, 0.2) is 0 Å². The second kappa shape index (κ2) is 8.31. The normalized spacial score (nSPS) is 14.2. The molecule has 2 aromatic carbocycles. The summed E-state index contributed by atoms with van der Waals surface area (Å²) in [4.78, 5) is 14.1. The van der Waals surface area contributed by atoms with E-state index in [2.05, 4.69) is 21.2 Å². The maximum Gasteiger partial charge on any atom is 0.412 e. The average molecular weight is 409 g/mol. The van der Waals surface area contributed by atoms with Crippen LogP contribution in [0.1, 0.15) is 5.56 Å². The van der Waals surface area contributed by atoms with Crippen LogP contribution in [0.25, 0.3) is 0 Å². The minimum absolute atomic E-state index is 0.169. The summed E-state index contributed by atoms with van der Waals surface area (Å²) in [7, 11) is 0. The number of anilines is 2. The van der Waals surface area contributed by atoms with Crippen LogP contribution in [-0.4, -0.2) is 32.4 Å². The molecule has 0 radical (unpaired) electrons. The van der Waals surface area contributed by atoms with Crippen molar-refractivity contribution in [3.63, 3.8) is 0 Å². The zero-order valence-corrected chi connectivity index (χ0v) is 15.1. The molecule has 0 aromatic heterocycles. The van der Waals surface area contributed by atoms with Crippen molar-refractivity contribution < 1.29 is 18.7 Å². The third kappa shape index (κ3) is 4.70. The summed E-state index contributed by atoms with van der Waals surface area (Å²) >= 11 is 3.16. The number of hydrogen-bond acceptors (Lipinski definition) is 4. The Morgan fingerprint density at radius 1 is 1.24 bits per heavy atom. The van der Waals surface area contributed by atoms with E-state index in [1.807, 2.05) is 35.2 Å². The summed E-state index contributed by atoms with van der Waals surface area (Å²) in [5.74, 6) is -0.385. The fraction of sp³-hybridized carbons (Fsp3) is 0.278. The van der Waals surface area contributed by atoms with Crippen molar-refractivity contribution in [3.8, 4) is 0 Å².